The van der Waals surface area contributed by atoms with Gasteiger partial charge in [-0.3, -0.25) is 4.79 Å². The zero-order valence-electron chi connectivity index (χ0n) is 12.5. The standard InChI is InChI=1S/C18H17FN2O2/c1-2-10-23-17-8-6-13(11-16(17)20)7-9-18(22)21-15-5-3-4-14(19)12-15/h2-9,11-12H,1,10,20H2,(H,21,22)/b9-7-. The lowest BCUT2D eigenvalue weighted by Crippen LogP contribution is -2.07. The lowest BCUT2D eigenvalue weighted by atomic mass is 10.1. The number of carbonyl (C=O) groups is 1. The van der Waals surface area contributed by atoms with Gasteiger partial charge in [0.15, 0.2) is 0 Å². The van der Waals surface area contributed by atoms with E-state index in [0.717, 1.165) is 5.56 Å². The number of anilines is 2. The van der Waals surface area contributed by atoms with E-state index in [9.17, 15) is 9.18 Å². The van der Waals surface area contributed by atoms with Crippen molar-refractivity contribution < 1.29 is 13.9 Å². The van der Waals surface area contributed by atoms with Gasteiger partial charge in [-0.2, -0.15) is 0 Å². The molecule has 0 atom stereocenters. The number of rotatable bonds is 6. The highest BCUT2D eigenvalue weighted by atomic mass is 19.1. The largest absolute Gasteiger partial charge is 0.487 e. The van der Waals surface area contributed by atoms with E-state index in [0.29, 0.717) is 23.7 Å². The summed E-state index contributed by atoms with van der Waals surface area (Å²) in [6.07, 6.45) is 4.59. The summed E-state index contributed by atoms with van der Waals surface area (Å²) < 4.78 is 18.4. The number of nitrogens with one attached hydrogen (secondary N) is 1. The van der Waals surface area contributed by atoms with E-state index >= 15 is 0 Å². The van der Waals surface area contributed by atoms with Gasteiger partial charge in [0, 0.05) is 11.8 Å². The number of ether oxygens (including phenoxy) is 1. The summed E-state index contributed by atoms with van der Waals surface area (Å²) in [7, 11) is 0. The molecule has 0 heterocycles. The fourth-order valence-electron chi connectivity index (χ4n) is 1.87. The summed E-state index contributed by atoms with van der Waals surface area (Å²) >= 11 is 0. The lowest BCUT2D eigenvalue weighted by Gasteiger charge is -2.07. The van der Waals surface area contributed by atoms with E-state index in [4.69, 9.17) is 10.5 Å². The molecule has 0 fully saturated rings. The Bertz CT molecular complexity index is 742. The first-order valence-electron chi connectivity index (χ1n) is 6.96. The number of hydrogen-bond donors (Lipinski definition) is 2. The molecule has 2 aromatic rings. The molecule has 0 aliphatic rings. The molecule has 0 unspecified atom stereocenters. The summed E-state index contributed by atoms with van der Waals surface area (Å²) in [6, 6.07) is 10.9. The molecular weight excluding hydrogens is 295 g/mol. The smallest absolute Gasteiger partial charge is 0.248 e. The molecule has 0 aliphatic heterocycles. The minimum atomic E-state index is -0.408. The molecule has 0 spiro atoms. The fraction of sp³-hybridized carbons (Fsp3) is 0.0556. The minimum absolute atomic E-state index is 0.360. The van der Waals surface area contributed by atoms with Crippen LogP contribution in [0, 0.1) is 5.82 Å². The number of nitrogens with two attached hydrogens (primary N) is 1. The highest BCUT2D eigenvalue weighted by molar-refractivity contribution is 6.01. The Kier molecular flexibility index (Phi) is 5.52. The van der Waals surface area contributed by atoms with Gasteiger partial charge in [-0.05, 0) is 42.0 Å². The van der Waals surface area contributed by atoms with Crippen LogP contribution in [0.2, 0.25) is 0 Å². The third-order valence-corrected chi connectivity index (χ3v) is 2.91. The van der Waals surface area contributed by atoms with Crippen molar-refractivity contribution in [2.75, 3.05) is 17.7 Å². The van der Waals surface area contributed by atoms with Crippen LogP contribution in [-0.4, -0.2) is 12.5 Å². The van der Waals surface area contributed by atoms with Crippen molar-refractivity contribution in [2.45, 2.75) is 0 Å². The average molecular weight is 312 g/mol. The first kappa shape index (κ1) is 16.3. The zero-order chi connectivity index (χ0) is 16.7. The third kappa shape index (κ3) is 5.00. The molecule has 5 heteroatoms. The van der Waals surface area contributed by atoms with E-state index in [1.165, 1.54) is 24.3 Å². The predicted molar refractivity (Wildman–Crippen MR) is 90.6 cm³/mol. The van der Waals surface area contributed by atoms with Crippen molar-refractivity contribution in [3.63, 3.8) is 0 Å². The second kappa shape index (κ2) is 7.79. The summed E-state index contributed by atoms with van der Waals surface area (Å²) in [6.45, 7) is 3.94. The molecule has 0 saturated heterocycles. The average Bonchev–Trinajstić information content (AvgIpc) is 2.52. The van der Waals surface area contributed by atoms with Gasteiger partial charge in [0.1, 0.15) is 18.2 Å². The third-order valence-electron chi connectivity index (χ3n) is 2.91. The van der Waals surface area contributed by atoms with E-state index in [2.05, 4.69) is 11.9 Å². The van der Waals surface area contributed by atoms with Crippen LogP contribution >= 0.6 is 0 Å². The summed E-state index contributed by atoms with van der Waals surface area (Å²) in [5.74, 6) is -0.206. The minimum Gasteiger partial charge on any atom is -0.487 e. The van der Waals surface area contributed by atoms with E-state index in [-0.39, 0.29) is 5.91 Å². The number of amides is 1. The summed E-state index contributed by atoms with van der Waals surface area (Å²) in [4.78, 5) is 11.8. The highest BCUT2D eigenvalue weighted by Crippen LogP contribution is 2.23. The number of carbonyl (C=O) groups excluding carboxylic acids is 1. The highest BCUT2D eigenvalue weighted by Gasteiger charge is 2.02. The first-order chi connectivity index (χ1) is 11.1. The second-order valence-electron chi connectivity index (χ2n) is 4.73. The van der Waals surface area contributed by atoms with Gasteiger partial charge in [0.25, 0.3) is 0 Å². The number of nitrogen functional groups attached to an aromatic ring is 1. The molecule has 3 N–H and O–H groups in total. The fourth-order valence-corrected chi connectivity index (χ4v) is 1.87. The Hall–Kier alpha value is -3.08. The van der Waals surface area contributed by atoms with Gasteiger partial charge in [0.05, 0.1) is 5.69 Å². The Balaban J connectivity index is 2.00. The van der Waals surface area contributed by atoms with Gasteiger partial charge in [-0.1, -0.05) is 24.8 Å². The van der Waals surface area contributed by atoms with Crippen LogP contribution in [-0.2, 0) is 4.79 Å². The van der Waals surface area contributed by atoms with Crippen molar-refractivity contribution in [2.24, 2.45) is 0 Å². The molecule has 0 aromatic heterocycles. The van der Waals surface area contributed by atoms with E-state index < -0.39 is 5.82 Å². The number of halogens is 1. The summed E-state index contributed by atoms with van der Waals surface area (Å²) in [5.41, 5.74) is 7.49. The number of benzene rings is 2. The molecule has 4 nitrogen and oxygen atoms in total. The lowest BCUT2D eigenvalue weighted by molar-refractivity contribution is -0.111. The van der Waals surface area contributed by atoms with Crippen LogP contribution in [0.15, 0.2) is 61.2 Å². The van der Waals surface area contributed by atoms with Crippen molar-refractivity contribution >= 4 is 23.4 Å². The van der Waals surface area contributed by atoms with Gasteiger partial charge in [-0.15, -0.1) is 0 Å². The maximum Gasteiger partial charge on any atom is 0.248 e. The van der Waals surface area contributed by atoms with Crippen LogP contribution in [0.25, 0.3) is 6.08 Å². The molecule has 1 amide bonds. The zero-order valence-corrected chi connectivity index (χ0v) is 12.5. The first-order valence-corrected chi connectivity index (χ1v) is 6.96. The van der Waals surface area contributed by atoms with Gasteiger partial charge >= 0.3 is 0 Å². The van der Waals surface area contributed by atoms with Crippen molar-refractivity contribution in [1.29, 1.82) is 0 Å². The van der Waals surface area contributed by atoms with Gasteiger partial charge in [-0.25, -0.2) is 4.39 Å². The molecule has 23 heavy (non-hydrogen) atoms. The van der Waals surface area contributed by atoms with Crippen LogP contribution in [0.5, 0.6) is 5.75 Å². The van der Waals surface area contributed by atoms with Crippen LogP contribution in [0.4, 0.5) is 15.8 Å². The van der Waals surface area contributed by atoms with Crippen molar-refractivity contribution in [1.82, 2.24) is 0 Å². The maximum atomic E-state index is 13.0. The molecule has 0 saturated carbocycles. The van der Waals surface area contributed by atoms with Crippen molar-refractivity contribution in [3.8, 4) is 5.75 Å². The van der Waals surface area contributed by atoms with Gasteiger partial charge in [0.2, 0.25) is 5.91 Å². The number of hydrogen-bond acceptors (Lipinski definition) is 3. The SMILES string of the molecule is C=CCOc1ccc(/C=C\C(=O)Nc2cccc(F)c2)cc1N. The van der Waals surface area contributed by atoms with Crippen LogP contribution in [0.3, 0.4) is 0 Å². The second-order valence-corrected chi connectivity index (χ2v) is 4.73. The topological polar surface area (TPSA) is 64.3 Å². The Labute approximate surface area is 134 Å². The van der Waals surface area contributed by atoms with Crippen LogP contribution < -0.4 is 15.8 Å². The molecule has 118 valence electrons. The monoisotopic (exact) mass is 312 g/mol. The van der Waals surface area contributed by atoms with E-state index in [1.807, 2.05) is 0 Å². The van der Waals surface area contributed by atoms with Crippen molar-refractivity contribution in [3.05, 3.63) is 72.6 Å². The Morgan fingerprint density at radius 1 is 1.30 bits per heavy atom. The predicted octanol–water partition coefficient (Wildman–Crippen LogP) is 3.62. The molecule has 2 rings (SSSR count). The van der Waals surface area contributed by atoms with E-state index in [1.54, 1.807) is 36.4 Å². The summed E-state index contributed by atoms with van der Waals surface area (Å²) in [5, 5.41) is 2.57. The quantitative estimate of drug-likeness (QED) is 0.486. The Morgan fingerprint density at radius 2 is 2.13 bits per heavy atom. The molecule has 0 radical (unpaired) electrons. The van der Waals surface area contributed by atoms with Gasteiger partial charge < -0.3 is 15.8 Å². The Morgan fingerprint density at radius 3 is 2.83 bits per heavy atom. The molecule has 2 aromatic carbocycles. The molecule has 0 bridgehead atoms. The van der Waals surface area contributed by atoms with Crippen LogP contribution in [0.1, 0.15) is 5.56 Å². The molecule has 0 aliphatic carbocycles. The normalized spacial score (nSPS) is 10.5. The maximum absolute atomic E-state index is 13.0. The molecular formula is C18H17FN2O2.